The molecular weight excluding hydrogens is 130 g/mol. The van der Waals surface area contributed by atoms with Gasteiger partial charge in [-0.3, -0.25) is 0 Å². The Balaban J connectivity index is 2.60. The van der Waals surface area contributed by atoms with E-state index >= 15 is 0 Å². The van der Waals surface area contributed by atoms with Gasteiger partial charge in [-0.2, -0.15) is 0 Å². The Morgan fingerprint density at radius 2 is 2.33 bits per heavy atom. The van der Waals surface area contributed by atoms with E-state index in [-0.39, 0.29) is 0 Å². The van der Waals surface area contributed by atoms with Crippen molar-refractivity contribution in [2.24, 2.45) is 0 Å². The molecule has 0 aliphatic rings. The van der Waals surface area contributed by atoms with Crippen molar-refractivity contribution < 1.29 is 4.84 Å². The third kappa shape index (κ3) is 8.14. The van der Waals surface area contributed by atoms with Gasteiger partial charge in [-0.15, -0.1) is 0 Å². The Bertz CT molecular complexity index is 46.3. The molecule has 0 aliphatic carbocycles. The van der Waals surface area contributed by atoms with E-state index in [2.05, 4.69) is 22.6 Å². The SMILES string of the molecule is CCCONCCC[Si]. The first-order valence-corrected chi connectivity index (χ1v) is 4.11. The maximum Gasteiger partial charge on any atom is 0.0679 e. The molecule has 0 saturated heterocycles. The predicted molar refractivity (Wildman–Crippen MR) is 39.4 cm³/mol. The van der Waals surface area contributed by atoms with Gasteiger partial charge in [-0.1, -0.05) is 13.0 Å². The van der Waals surface area contributed by atoms with E-state index in [1.165, 1.54) is 0 Å². The van der Waals surface area contributed by atoms with Gasteiger partial charge in [0.05, 0.1) is 6.61 Å². The summed E-state index contributed by atoms with van der Waals surface area (Å²) in [5, 5.41) is 0. The number of hydroxylamine groups is 1. The van der Waals surface area contributed by atoms with Crippen molar-refractivity contribution in [2.45, 2.75) is 25.8 Å². The topological polar surface area (TPSA) is 21.3 Å². The largest absolute Gasteiger partial charge is 0.302 e. The molecule has 0 amide bonds. The van der Waals surface area contributed by atoms with Gasteiger partial charge < -0.3 is 4.84 Å². The van der Waals surface area contributed by atoms with E-state index < -0.39 is 0 Å². The molecule has 0 heterocycles. The highest BCUT2D eigenvalue weighted by Crippen LogP contribution is 1.81. The molecule has 1 N–H and O–H groups in total. The summed E-state index contributed by atoms with van der Waals surface area (Å²) in [6.45, 7) is 3.83. The third-order valence-corrected chi connectivity index (χ3v) is 1.22. The molecule has 0 aromatic heterocycles. The predicted octanol–water partition coefficient (Wildman–Crippen LogP) is 0.894. The second-order valence-corrected chi connectivity index (χ2v) is 2.35. The number of hydrogen-bond acceptors (Lipinski definition) is 2. The highest BCUT2D eigenvalue weighted by Gasteiger charge is 1.82. The first-order valence-electron chi connectivity index (χ1n) is 3.41. The van der Waals surface area contributed by atoms with Crippen LogP contribution in [0.15, 0.2) is 0 Å². The second kappa shape index (κ2) is 8.14. The lowest BCUT2D eigenvalue weighted by atomic mass is 10.5. The lowest BCUT2D eigenvalue weighted by Crippen LogP contribution is -2.16. The monoisotopic (exact) mass is 144 g/mol. The average molecular weight is 144 g/mol. The molecule has 3 radical (unpaired) electrons. The molecule has 0 fully saturated rings. The van der Waals surface area contributed by atoms with Gasteiger partial charge in [0.25, 0.3) is 0 Å². The van der Waals surface area contributed by atoms with Crippen LogP contribution >= 0.6 is 0 Å². The summed E-state index contributed by atoms with van der Waals surface area (Å²) in [6, 6.07) is 1.03. The van der Waals surface area contributed by atoms with Gasteiger partial charge in [-0.25, -0.2) is 5.48 Å². The molecule has 0 unspecified atom stereocenters. The second-order valence-electron chi connectivity index (χ2n) is 1.85. The summed E-state index contributed by atoms with van der Waals surface area (Å²) in [5.41, 5.74) is 2.86. The van der Waals surface area contributed by atoms with E-state index in [1.54, 1.807) is 0 Å². The lowest BCUT2D eigenvalue weighted by Gasteiger charge is -2.01. The van der Waals surface area contributed by atoms with Crippen molar-refractivity contribution in [3.8, 4) is 0 Å². The molecule has 2 nitrogen and oxygen atoms in total. The molecule has 0 aliphatic heterocycles. The Morgan fingerprint density at radius 3 is 2.89 bits per heavy atom. The Hall–Kier alpha value is 0.137. The standard InChI is InChI=1S/C6H14NOSi/c1-2-5-8-7-4-3-6-9/h7H,2-6H2,1H3. The molecule has 0 rings (SSSR count). The van der Waals surface area contributed by atoms with E-state index in [9.17, 15) is 0 Å². The fourth-order valence-electron chi connectivity index (χ4n) is 0.407. The van der Waals surface area contributed by atoms with Gasteiger partial charge >= 0.3 is 0 Å². The maximum absolute atomic E-state index is 5.01. The van der Waals surface area contributed by atoms with Crippen molar-refractivity contribution in [2.75, 3.05) is 13.2 Å². The summed E-state index contributed by atoms with van der Waals surface area (Å²) in [4.78, 5) is 5.01. The van der Waals surface area contributed by atoms with E-state index in [4.69, 9.17) is 4.84 Å². The van der Waals surface area contributed by atoms with Gasteiger partial charge in [0.2, 0.25) is 0 Å². The number of hydrogen-bond donors (Lipinski definition) is 1. The average Bonchev–Trinajstić information content (AvgIpc) is 1.89. The van der Waals surface area contributed by atoms with Crippen LogP contribution < -0.4 is 5.48 Å². The maximum atomic E-state index is 5.01. The third-order valence-electron chi connectivity index (χ3n) is 0.864. The first kappa shape index (κ1) is 9.14. The Labute approximate surface area is 60.4 Å². The Morgan fingerprint density at radius 1 is 1.56 bits per heavy atom. The van der Waals surface area contributed by atoms with Crippen molar-refractivity contribution in [3.05, 3.63) is 0 Å². The fourth-order valence-corrected chi connectivity index (χ4v) is 0.584. The van der Waals surface area contributed by atoms with Crippen LogP contribution in [0.25, 0.3) is 0 Å². The Kier molecular flexibility index (Phi) is 8.26. The van der Waals surface area contributed by atoms with Gasteiger partial charge in [0.15, 0.2) is 0 Å². The van der Waals surface area contributed by atoms with Crippen LogP contribution in [0.5, 0.6) is 0 Å². The summed E-state index contributed by atoms with van der Waals surface area (Å²) in [5.74, 6) is 0. The molecule has 0 saturated carbocycles. The molecule has 9 heavy (non-hydrogen) atoms. The van der Waals surface area contributed by atoms with Crippen LogP contribution in [0.3, 0.4) is 0 Å². The zero-order chi connectivity index (χ0) is 6.95. The minimum atomic E-state index is 0.807. The number of rotatable bonds is 6. The van der Waals surface area contributed by atoms with Crippen LogP contribution in [0.4, 0.5) is 0 Å². The molecule has 0 aromatic rings. The van der Waals surface area contributed by atoms with Gasteiger partial charge in [0, 0.05) is 16.8 Å². The van der Waals surface area contributed by atoms with Crippen molar-refractivity contribution >= 4 is 10.2 Å². The quantitative estimate of drug-likeness (QED) is 0.340. The smallest absolute Gasteiger partial charge is 0.0679 e. The van der Waals surface area contributed by atoms with Crippen LogP contribution in [-0.2, 0) is 4.84 Å². The lowest BCUT2D eigenvalue weighted by molar-refractivity contribution is 0.0419. The molecule has 0 spiro atoms. The molecule has 3 heteroatoms. The summed E-state index contributed by atoms with van der Waals surface area (Å²) < 4.78 is 0. The summed E-state index contributed by atoms with van der Waals surface area (Å²) in [7, 11) is 3.37. The minimum absolute atomic E-state index is 0.807. The zero-order valence-electron chi connectivity index (χ0n) is 5.94. The number of nitrogens with one attached hydrogen (secondary N) is 1. The normalized spacial score (nSPS) is 10.0. The van der Waals surface area contributed by atoms with Crippen LogP contribution in [-0.4, -0.2) is 23.4 Å². The highest BCUT2D eigenvalue weighted by molar-refractivity contribution is 6.08. The highest BCUT2D eigenvalue weighted by atomic mass is 28.1. The molecular formula is C6H14NOSi. The van der Waals surface area contributed by atoms with Crippen molar-refractivity contribution in [3.63, 3.8) is 0 Å². The van der Waals surface area contributed by atoms with Gasteiger partial charge in [0.1, 0.15) is 0 Å². The minimum Gasteiger partial charge on any atom is -0.302 e. The van der Waals surface area contributed by atoms with Gasteiger partial charge in [-0.05, 0) is 12.8 Å². The molecule has 0 bridgehead atoms. The van der Waals surface area contributed by atoms with E-state index in [0.29, 0.717) is 0 Å². The molecule has 0 atom stereocenters. The fraction of sp³-hybridized carbons (Fsp3) is 1.00. The van der Waals surface area contributed by atoms with Crippen LogP contribution in [0, 0.1) is 0 Å². The van der Waals surface area contributed by atoms with Crippen LogP contribution in [0.2, 0.25) is 6.04 Å². The van der Waals surface area contributed by atoms with E-state index in [0.717, 1.165) is 32.0 Å². The molecule has 0 aromatic carbocycles. The summed E-state index contributed by atoms with van der Waals surface area (Å²) in [6.07, 6.45) is 2.18. The van der Waals surface area contributed by atoms with E-state index in [1.807, 2.05) is 0 Å². The van der Waals surface area contributed by atoms with Crippen LogP contribution in [0.1, 0.15) is 19.8 Å². The molecule has 53 valence electrons. The first-order chi connectivity index (χ1) is 4.41. The van der Waals surface area contributed by atoms with Crippen molar-refractivity contribution in [1.29, 1.82) is 0 Å². The summed E-state index contributed by atoms with van der Waals surface area (Å²) >= 11 is 0. The zero-order valence-corrected chi connectivity index (χ0v) is 6.94. The van der Waals surface area contributed by atoms with Crippen molar-refractivity contribution in [1.82, 2.24) is 5.48 Å².